The summed E-state index contributed by atoms with van der Waals surface area (Å²) in [4.78, 5) is 24.4. The Morgan fingerprint density at radius 2 is 2.17 bits per heavy atom. The van der Waals surface area contributed by atoms with Gasteiger partial charge < -0.3 is 10.6 Å². The van der Waals surface area contributed by atoms with Gasteiger partial charge in [0.05, 0.1) is 11.3 Å². The maximum absolute atomic E-state index is 11.7. The minimum absolute atomic E-state index is 0.0984. The minimum Gasteiger partial charge on any atom is -0.369 e. The summed E-state index contributed by atoms with van der Waals surface area (Å²) in [5, 5.41) is 3.37. The van der Waals surface area contributed by atoms with Crippen LogP contribution in [0.1, 0.15) is 45.0 Å². The Bertz CT molecular complexity index is 755. The maximum Gasteiger partial charge on any atom is 0.222 e. The van der Waals surface area contributed by atoms with Crippen molar-refractivity contribution in [3.8, 4) is 0 Å². The molecule has 2 aromatic heterocycles. The van der Waals surface area contributed by atoms with E-state index in [9.17, 15) is 4.79 Å². The Balaban J connectivity index is 2.09. The lowest BCUT2D eigenvalue weighted by molar-refractivity contribution is -0.122. The highest BCUT2D eigenvalue weighted by Gasteiger charge is 2.31. The molecule has 2 aromatic rings. The number of amides is 1. The van der Waals surface area contributed by atoms with Crippen molar-refractivity contribution in [3.63, 3.8) is 0 Å². The highest BCUT2D eigenvalue weighted by Crippen LogP contribution is 2.36. The van der Waals surface area contributed by atoms with Crippen molar-refractivity contribution in [2.75, 3.05) is 11.4 Å². The number of piperidine rings is 1. The van der Waals surface area contributed by atoms with E-state index in [1.54, 1.807) is 11.3 Å². The number of nitrogens with zero attached hydrogens (tertiary/aromatic N) is 3. The topological polar surface area (TPSA) is 72.1 Å². The molecule has 6 heteroatoms. The number of rotatable bonds is 4. The van der Waals surface area contributed by atoms with Crippen LogP contribution in [0.25, 0.3) is 10.2 Å². The first-order valence-electron chi connectivity index (χ1n) is 8.67. The first-order valence-corrected chi connectivity index (χ1v) is 9.55. The van der Waals surface area contributed by atoms with Gasteiger partial charge in [-0.2, -0.15) is 0 Å². The van der Waals surface area contributed by atoms with E-state index in [0.717, 1.165) is 41.1 Å². The molecule has 1 aliphatic rings. The molecule has 2 N–H and O–H groups in total. The third kappa shape index (κ3) is 3.24. The quantitative estimate of drug-likeness (QED) is 0.922. The molecule has 2 atom stereocenters. The van der Waals surface area contributed by atoms with Crippen molar-refractivity contribution in [2.24, 2.45) is 17.6 Å². The van der Waals surface area contributed by atoms with Crippen molar-refractivity contribution >= 4 is 33.3 Å². The van der Waals surface area contributed by atoms with Gasteiger partial charge in [0.25, 0.3) is 0 Å². The van der Waals surface area contributed by atoms with Crippen LogP contribution in [-0.4, -0.2) is 28.5 Å². The molecule has 0 saturated carbocycles. The smallest absolute Gasteiger partial charge is 0.222 e. The lowest BCUT2D eigenvalue weighted by Crippen LogP contribution is -2.46. The summed E-state index contributed by atoms with van der Waals surface area (Å²) in [6, 6.07) is 0.352. The summed E-state index contributed by atoms with van der Waals surface area (Å²) < 4.78 is 0. The summed E-state index contributed by atoms with van der Waals surface area (Å²) in [5.74, 6) is 2.03. The van der Waals surface area contributed by atoms with Crippen LogP contribution in [0.3, 0.4) is 0 Å². The molecule has 130 valence electrons. The molecule has 0 aliphatic carbocycles. The average Bonchev–Trinajstić information content (AvgIpc) is 2.88. The second-order valence-electron chi connectivity index (χ2n) is 7.31. The first kappa shape index (κ1) is 17.1. The molecule has 1 saturated heterocycles. The number of carbonyl (C=O) groups is 1. The summed E-state index contributed by atoms with van der Waals surface area (Å²) in [6.07, 6.45) is 2.84. The maximum atomic E-state index is 11.7. The van der Waals surface area contributed by atoms with E-state index in [1.807, 2.05) is 6.92 Å². The second-order valence-corrected chi connectivity index (χ2v) is 8.17. The monoisotopic (exact) mass is 346 g/mol. The van der Waals surface area contributed by atoms with E-state index in [0.29, 0.717) is 18.5 Å². The Morgan fingerprint density at radius 1 is 1.42 bits per heavy atom. The predicted molar refractivity (Wildman–Crippen MR) is 99.4 cm³/mol. The standard InChI is InChI=1S/C18H26N4OS/c1-10(2)7-14-9-24-18-15(14)17(20-12(4)21-18)22-8-13(16(19)23)6-5-11(22)3/h9-11,13H,5-8H2,1-4H3,(H2,19,23). The Morgan fingerprint density at radius 3 is 2.83 bits per heavy atom. The number of aryl methyl sites for hydroxylation is 1. The molecule has 0 aromatic carbocycles. The number of fused-ring (bicyclic) bond motifs is 1. The third-order valence-corrected chi connectivity index (χ3v) is 5.71. The fourth-order valence-electron chi connectivity index (χ4n) is 3.52. The fraction of sp³-hybridized carbons (Fsp3) is 0.611. The minimum atomic E-state index is -0.207. The van der Waals surface area contributed by atoms with E-state index in [4.69, 9.17) is 10.7 Å². The Hall–Kier alpha value is -1.69. The van der Waals surface area contributed by atoms with Gasteiger partial charge in [-0.3, -0.25) is 4.79 Å². The number of aromatic nitrogens is 2. The fourth-order valence-corrected chi connectivity index (χ4v) is 4.51. The van der Waals surface area contributed by atoms with Gasteiger partial charge >= 0.3 is 0 Å². The molecule has 0 bridgehead atoms. The molecule has 0 spiro atoms. The van der Waals surface area contributed by atoms with Crippen LogP contribution >= 0.6 is 11.3 Å². The second kappa shape index (κ2) is 6.67. The lowest BCUT2D eigenvalue weighted by Gasteiger charge is -2.38. The van der Waals surface area contributed by atoms with Crippen molar-refractivity contribution in [1.82, 2.24) is 9.97 Å². The van der Waals surface area contributed by atoms with E-state index >= 15 is 0 Å². The SMILES string of the molecule is Cc1nc(N2CC(C(N)=O)CCC2C)c2c(CC(C)C)csc2n1. The molecule has 3 heterocycles. The predicted octanol–water partition coefficient (Wildman–Crippen LogP) is 3.29. The average molecular weight is 347 g/mol. The van der Waals surface area contributed by atoms with Crippen molar-refractivity contribution < 1.29 is 4.79 Å². The molecule has 1 aliphatic heterocycles. The Kier molecular flexibility index (Phi) is 4.76. The van der Waals surface area contributed by atoms with Crippen LogP contribution in [-0.2, 0) is 11.2 Å². The van der Waals surface area contributed by atoms with Crippen molar-refractivity contribution in [3.05, 3.63) is 16.8 Å². The van der Waals surface area contributed by atoms with Gasteiger partial charge in [0.1, 0.15) is 16.5 Å². The molecular weight excluding hydrogens is 320 g/mol. The molecule has 1 amide bonds. The number of hydrogen-bond donors (Lipinski definition) is 1. The number of thiophene rings is 1. The number of hydrogen-bond acceptors (Lipinski definition) is 5. The normalized spacial score (nSPS) is 21.6. The van der Waals surface area contributed by atoms with E-state index < -0.39 is 0 Å². The van der Waals surface area contributed by atoms with Gasteiger partial charge in [-0.15, -0.1) is 11.3 Å². The van der Waals surface area contributed by atoms with E-state index in [-0.39, 0.29) is 11.8 Å². The van der Waals surface area contributed by atoms with Gasteiger partial charge in [-0.05, 0) is 50.0 Å². The number of primary amides is 1. The van der Waals surface area contributed by atoms with Gasteiger partial charge in [0.2, 0.25) is 5.91 Å². The van der Waals surface area contributed by atoms with Crippen LogP contribution in [0.2, 0.25) is 0 Å². The van der Waals surface area contributed by atoms with Gasteiger partial charge in [-0.1, -0.05) is 13.8 Å². The molecule has 2 unspecified atom stereocenters. The molecular formula is C18H26N4OS. The zero-order chi connectivity index (χ0) is 17.4. The summed E-state index contributed by atoms with van der Waals surface area (Å²) in [7, 11) is 0. The van der Waals surface area contributed by atoms with Crippen LogP contribution < -0.4 is 10.6 Å². The number of anilines is 1. The van der Waals surface area contributed by atoms with Crippen LogP contribution in [0.15, 0.2) is 5.38 Å². The lowest BCUT2D eigenvalue weighted by atomic mass is 9.92. The van der Waals surface area contributed by atoms with E-state index in [2.05, 4.69) is 36.0 Å². The first-order chi connectivity index (χ1) is 11.4. The largest absolute Gasteiger partial charge is 0.369 e. The number of carbonyl (C=O) groups excluding carboxylic acids is 1. The van der Waals surface area contributed by atoms with Crippen LogP contribution in [0.4, 0.5) is 5.82 Å². The molecule has 3 rings (SSSR count). The van der Waals surface area contributed by atoms with Crippen LogP contribution in [0, 0.1) is 18.8 Å². The zero-order valence-corrected chi connectivity index (χ0v) is 15.7. The summed E-state index contributed by atoms with van der Waals surface area (Å²) >= 11 is 1.69. The molecule has 24 heavy (non-hydrogen) atoms. The van der Waals surface area contributed by atoms with Gasteiger partial charge in [-0.25, -0.2) is 9.97 Å². The highest BCUT2D eigenvalue weighted by molar-refractivity contribution is 7.17. The molecule has 5 nitrogen and oxygen atoms in total. The summed E-state index contributed by atoms with van der Waals surface area (Å²) in [5.41, 5.74) is 6.89. The van der Waals surface area contributed by atoms with Crippen molar-refractivity contribution in [1.29, 1.82) is 0 Å². The summed E-state index contributed by atoms with van der Waals surface area (Å²) in [6.45, 7) is 9.24. The van der Waals surface area contributed by atoms with Crippen molar-refractivity contribution in [2.45, 2.75) is 53.0 Å². The van der Waals surface area contributed by atoms with E-state index in [1.165, 1.54) is 5.56 Å². The molecule has 0 radical (unpaired) electrons. The van der Waals surface area contributed by atoms with Gasteiger partial charge in [0, 0.05) is 12.6 Å². The zero-order valence-electron chi connectivity index (χ0n) is 14.9. The highest BCUT2D eigenvalue weighted by atomic mass is 32.1. The Labute approximate surface area is 147 Å². The molecule has 1 fully saturated rings. The third-order valence-electron chi connectivity index (χ3n) is 4.79. The van der Waals surface area contributed by atoms with Crippen LogP contribution in [0.5, 0.6) is 0 Å². The number of nitrogens with two attached hydrogens (primary N) is 1. The van der Waals surface area contributed by atoms with Gasteiger partial charge in [0.15, 0.2) is 0 Å².